The minimum Gasteiger partial charge on any atom is -0.480 e. The van der Waals surface area contributed by atoms with Crippen molar-refractivity contribution >= 4 is 17.6 Å². The summed E-state index contributed by atoms with van der Waals surface area (Å²) in [5, 5.41) is 7.63. The Morgan fingerprint density at radius 2 is 1.92 bits per heavy atom. The fourth-order valence-electron chi connectivity index (χ4n) is 0.878. The van der Waals surface area contributed by atoms with Gasteiger partial charge in [-0.25, -0.2) is 0 Å². The predicted molar refractivity (Wildman–Crippen MR) is 47.4 cm³/mol. The van der Waals surface area contributed by atoms with Gasteiger partial charge in [0.25, 0.3) is 0 Å². The fourth-order valence-corrected chi connectivity index (χ4v) is 1.02. The maximum Gasteiger partial charge on any atom is 0.326 e. The molecule has 1 unspecified atom stereocenters. The van der Waals surface area contributed by atoms with E-state index in [0.29, 0.717) is 5.56 Å². The first kappa shape index (κ1) is 9.07. The van der Waals surface area contributed by atoms with Crippen molar-refractivity contribution in [2.45, 2.75) is 12.3 Å². The van der Waals surface area contributed by atoms with Crippen molar-refractivity contribution in [1.82, 2.24) is 0 Å². The van der Waals surface area contributed by atoms with Gasteiger partial charge in [-0.2, -0.15) is 0 Å². The Labute approximate surface area is 75.8 Å². The van der Waals surface area contributed by atoms with Crippen LogP contribution in [0.5, 0.6) is 0 Å². The highest BCUT2D eigenvalue weighted by Gasteiger charge is 2.14. The normalized spacial score (nSPS) is 12.5. The number of aryl methyl sites for hydroxylation is 1. The smallest absolute Gasteiger partial charge is 0.326 e. The summed E-state index contributed by atoms with van der Waals surface area (Å²) in [7, 11) is 0. The van der Waals surface area contributed by atoms with Crippen LogP contribution in [0.1, 0.15) is 16.5 Å². The van der Waals surface area contributed by atoms with Crippen LogP contribution in [0.3, 0.4) is 0 Å². The van der Waals surface area contributed by atoms with E-state index < -0.39 is 11.3 Å². The van der Waals surface area contributed by atoms with Gasteiger partial charge in [0.2, 0.25) is 0 Å². The van der Waals surface area contributed by atoms with Gasteiger partial charge in [0.15, 0.2) is 5.38 Å². The third-order valence-electron chi connectivity index (χ3n) is 1.59. The van der Waals surface area contributed by atoms with E-state index in [1.54, 1.807) is 12.1 Å². The Morgan fingerprint density at radius 1 is 1.42 bits per heavy atom. The van der Waals surface area contributed by atoms with Crippen LogP contribution in [0, 0.1) is 6.92 Å². The van der Waals surface area contributed by atoms with E-state index >= 15 is 0 Å². The maximum absolute atomic E-state index is 10.5. The summed E-state index contributed by atoms with van der Waals surface area (Å²) >= 11 is 5.59. The number of carboxylic acid groups (broad SMARTS) is 1. The molecule has 1 aromatic carbocycles. The summed E-state index contributed by atoms with van der Waals surface area (Å²) in [5.74, 6) is -1.01. The predicted octanol–water partition coefficient (Wildman–Crippen LogP) is 2.36. The van der Waals surface area contributed by atoms with Crippen molar-refractivity contribution in [2.24, 2.45) is 0 Å². The minimum absolute atomic E-state index is 0.620. The molecule has 1 atom stereocenters. The van der Waals surface area contributed by atoms with Gasteiger partial charge in [0.1, 0.15) is 0 Å². The number of hydrogen-bond acceptors (Lipinski definition) is 1. The topological polar surface area (TPSA) is 37.3 Å². The van der Waals surface area contributed by atoms with E-state index in [0.717, 1.165) is 5.56 Å². The third kappa shape index (κ3) is 1.98. The lowest BCUT2D eigenvalue weighted by atomic mass is 10.1. The molecule has 0 aliphatic carbocycles. The number of halogens is 1. The van der Waals surface area contributed by atoms with Crippen LogP contribution in [-0.2, 0) is 4.79 Å². The molecular weight excluding hydrogens is 176 g/mol. The number of alkyl halides is 1. The molecule has 2 nitrogen and oxygen atoms in total. The number of carbonyl (C=O) groups is 1. The second-order valence-corrected chi connectivity index (χ2v) is 3.05. The van der Waals surface area contributed by atoms with Gasteiger partial charge >= 0.3 is 5.97 Å². The SMILES string of the molecule is Cc1ccc(C(Cl)C(=O)O)cc1. The molecular formula is C9H9ClO2. The van der Waals surface area contributed by atoms with E-state index in [1.807, 2.05) is 19.1 Å². The summed E-state index contributed by atoms with van der Waals surface area (Å²) in [4.78, 5) is 10.5. The highest BCUT2D eigenvalue weighted by atomic mass is 35.5. The summed E-state index contributed by atoms with van der Waals surface area (Å²) in [6.45, 7) is 1.94. The molecule has 0 bridgehead atoms. The Hall–Kier alpha value is -1.02. The number of aliphatic carboxylic acids is 1. The van der Waals surface area contributed by atoms with E-state index in [-0.39, 0.29) is 0 Å². The van der Waals surface area contributed by atoms with Crippen molar-refractivity contribution in [2.75, 3.05) is 0 Å². The molecule has 0 saturated carbocycles. The average molecular weight is 185 g/mol. The van der Waals surface area contributed by atoms with Gasteiger partial charge in [-0.1, -0.05) is 29.8 Å². The van der Waals surface area contributed by atoms with E-state index in [9.17, 15) is 4.79 Å². The van der Waals surface area contributed by atoms with Gasteiger partial charge in [-0.3, -0.25) is 4.79 Å². The summed E-state index contributed by atoms with van der Waals surface area (Å²) in [6.07, 6.45) is 0. The number of hydrogen-bond donors (Lipinski definition) is 1. The van der Waals surface area contributed by atoms with Crippen LogP contribution < -0.4 is 0 Å². The lowest BCUT2D eigenvalue weighted by molar-refractivity contribution is -0.136. The van der Waals surface area contributed by atoms with Crippen molar-refractivity contribution in [3.8, 4) is 0 Å². The molecule has 12 heavy (non-hydrogen) atoms. The van der Waals surface area contributed by atoms with Crippen LogP contribution in [0.25, 0.3) is 0 Å². The molecule has 0 radical (unpaired) electrons. The quantitative estimate of drug-likeness (QED) is 0.717. The zero-order valence-corrected chi connectivity index (χ0v) is 7.38. The molecule has 0 spiro atoms. The Morgan fingerprint density at radius 3 is 2.33 bits per heavy atom. The van der Waals surface area contributed by atoms with Crippen molar-refractivity contribution in [1.29, 1.82) is 0 Å². The van der Waals surface area contributed by atoms with E-state index in [1.165, 1.54) is 0 Å². The van der Waals surface area contributed by atoms with Gasteiger partial charge < -0.3 is 5.11 Å². The number of benzene rings is 1. The van der Waals surface area contributed by atoms with Gasteiger partial charge in [-0.15, -0.1) is 11.6 Å². The zero-order chi connectivity index (χ0) is 9.14. The molecule has 0 saturated heterocycles. The van der Waals surface area contributed by atoms with Gasteiger partial charge in [0.05, 0.1) is 0 Å². The number of rotatable bonds is 2. The van der Waals surface area contributed by atoms with Crippen LogP contribution in [0.4, 0.5) is 0 Å². The molecule has 1 N–H and O–H groups in total. The maximum atomic E-state index is 10.5. The van der Waals surface area contributed by atoms with Crippen molar-refractivity contribution in [3.63, 3.8) is 0 Å². The van der Waals surface area contributed by atoms with Crippen molar-refractivity contribution < 1.29 is 9.90 Å². The highest BCUT2D eigenvalue weighted by Crippen LogP contribution is 2.20. The Balaban J connectivity index is 2.89. The largest absolute Gasteiger partial charge is 0.480 e. The lowest BCUT2D eigenvalue weighted by Gasteiger charge is -2.03. The second-order valence-electron chi connectivity index (χ2n) is 2.61. The Kier molecular flexibility index (Phi) is 2.71. The molecule has 0 amide bonds. The molecule has 0 aliphatic rings. The highest BCUT2D eigenvalue weighted by molar-refractivity contribution is 6.29. The first-order valence-corrected chi connectivity index (χ1v) is 3.98. The molecule has 1 aromatic rings. The van der Waals surface area contributed by atoms with Crippen molar-refractivity contribution in [3.05, 3.63) is 35.4 Å². The molecule has 0 aromatic heterocycles. The van der Waals surface area contributed by atoms with Crippen LogP contribution in [-0.4, -0.2) is 11.1 Å². The summed E-state index contributed by atoms with van der Waals surface area (Å²) < 4.78 is 0. The van der Waals surface area contributed by atoms with Crippen LogP contribution in [0.2, 0.25) is 0 Å². The summed E-state index contributed by atoms with van der Waals surface area (Å²) in [6, 6.07) is 7.13. The molecule has 1 rings (SSSR count). The fraction of sp³-hybridized carbons (Fsp3) is 0.222. The average Bonchev–Trinajstić information content (AvgIpc) is 2.04. The first-order valence-electron chi connectivity index (χ1n) is 3.54. The Bertz CT molecular complexity index is 279. The summed E-state index contributed by atoms with van der Waals surface area (Å²) in [5.41, 5.74) is 1.71. The molecule has 0 fully saturated rings. The first-order chi connectivity index (χ1) is 5.61. The molecule has 3 heteroatoms. The second kappa shape index (κ2) is 3.59. The molecule has 0 aliphatic heterocycles. The number of carboxylic acids is 1. The van der Waals surface area contributed by atoms with Crippen LogP contribution >= 0.6 is 11.6 Å². The van der Waals surface area contributed by atoms with Gasteiger partial charge in [-0.05, 0) is 12.5 Å². The monoisotopic (exact) mass is 184 g/mol. The third-order valence-corrected chi connectivity index (χ3v) is 2.03. The minimum atomic E-state index is -1.01. The molecule has 0 heterocycles. The van der Waals surface area contributed by atoms with E-state index in [2.05, 4.69) is 0 Å². The standard InChI is InChI=1S/C9H9ClO2/c1-6-2-4-7(5-3-6)8(10)9(11)12/h2-5,8H,1H3,(H,11,12). The van der Waals surface area contributed by atoms with E-state index in [4.69, 9.17) is 16.7 Å². The van der Waals surface area contributed by atoms with Gasteiger partial charge in [0, 0.05) is 0 Å². The lowest BCUT2D eigenvalue weighted by Crippen LogP contribution is -2.04. The molecule has 64 valence electrons. The van der Waals surface area contributed by atoms with Crippen LogP contribution in [0.15, 0.2) is 24.3 Å². The zero-order valence-electron chi connectivity index (χ0n) is 6.62.